The van der Waals surface area contributed by atoms with Crippen LogP contribution in [0.1, 0.15) is 12.8 Å². The Bertz CT molecular complexity index is 242. The summed E-state index contributed by atoms with van der Waals surface area (Å²) in [4.78, 5) is 13.1. The average Bonchev–Trinajstić information content (AvgIpc) is 2.65. The molecule has 6 heteroatoms. The van der Waals surface area contributed by atoms with E-state index in [1.807, 2.05) is 0 Å². The molecule has 0 saturated carbocycles. The zero-order valence-electron chi connectivity index (χ0n) is 7.89. The number of carbonyl (C=O) groups excluding carboxylic acids is 1. The Balaban J connectivity index is 2.39. The molecule has 0 aliphatic carbocycles. The van der Waals surface area contributed by atoms with Crippen LogP contribution >= 0.6 is 0 Å². The van der Waals surface area contributed by atoms with E-state index in [9.17, 15) is 4.79 Å². The number of rotatable bonds is 3. The number of amidine groups is 1. The maximum Gasteiger partial charge on any atom is 0.230 e. The van der Waals surface area contributed by atoms with Gasteiger partial charge in [-0.1, -0.05) is 5.16 Å². The molecule has 0 spiro atoms. The van der Waals surface area contributed by atoms with Gasteiger partial charge in [0.05, 0.1) is 6.42 Å². The van der Waals surface area contributed by atoms with E-state index in [0.29, 0.717) is 13.1 Å². The minimum atomic E-state index is -0.156. The smallest absolute Gasteiger partial charge is 0.230 e. The van der Waals surface area contributed by atoms with Crippen molar-refractivity contribution in [2.45, 2.75) is 12.8 Å². The highest BCUT2D eigenvalue weighted by Gasteiger charge is 2.25. The number of nitrogens with zero attached hydrogens (tertiary/aromatic N) is 2. The minimum Gasteiger partial charge on any atom is -0.409 e. The van der Waals surface area contributed by atoms with Crippen LogP contribution in [-0.2, 0) is 4.79 Å². The van der Waals surface area contributed by atoms with E-state index < -0.39 is 0 Å². The summed E-state index contributed by atoms with van der Waals surface area (Å²) >= 11 is 0. The second kappa shape index (κ2) is 4.80. The van der Waals surface area contributed by atoms with Gasteiger partial charge >= 0.3 is 0 Å². The normalized spacial score (nSPS) is 22.8. The molecular formula is C8H15N3O3. The summed E-state index contributed by atoms with van der Waals surface area (Å²) in [6.07, 6.45) is 0.757. The maximum atomic E-state index is 11.4. The summed E-state index contributed by atoms with van der Waals surface area (Å²) < 4.78 is 0. The minimum absolute atomic E-state index is 0.0609. The van der Waals surface area contributed by atoms with E-state index in [0.717, 1.165) is 6.42 Å². The average molecular weight is 201 g/mol. The first-order valence-electron chi connectivity index (χ1n) is 4.52. The topological polar surface area (TPSA) is 99.2 Å². The fraction of sp³-hybridized carbons (Fsp3) is 0.750. The number of oxime groups is 1. The van der Waals surface area contributed by atoms with Gasteiger partial charge in [0.2, 0.25) is 5.91 Å². The second-order valence-electron chi connectivity index (χ2n) is 3.45. The standard InChI is InChI=1S/C8H15N3O3/c9-7(10-14)3-8(13)11-2-1-6(4-11)5-12/h6,12,14H,1-5H2,(H2,9,10). The molecule has 0 aromatic rings. The Kier molecular flexibility index (Phi) is 3.70. The van der Waals surface area contributed by atoms with Crippen LogP contribution in [0.4, 0.5) is 0 Å². The highest BCUT2D eigenvalue weighted by Crippen LogP contribution is 2.15. The summed E-state index contributed by atoms with van der Waals surface area (Å²) in [5.74, 6) is -0.0649. The van der Waals surface area contributed by atoms with Gasteiger partial charge in [-0.05, 0) is 6.42 Å². The lowest BCUT2D eigenvalue weighted by atomic mass is 10.1. The second-order valence-corrected chi connectivity index (χ2v) is 3.45. The monoisotopic (exact) mass is 201 g/mol. The van der Waals surface area contributed by atoms with E-state index in [2.05, 4.69) is 5.16 Å². The van der Waals surface area contributed by atoms with E-state index in [-0.39, 0.29) is 30.7 Å². The molecule has 14 heavy (non-hydrogen) atoms. The van der Waals surface area contributed by atoms with Crippen molar-refractivity contribution in [3.63, 3.8) is 0 Å². The Morgan fingerprint density at radius 1 is 1.64 bits per heavy atom. The molecule has 1 fully saturated rings. The highest BCUT2D eigenvalue weighted by atomic mass is 16.4. The van der Waals surface area contributed by atoms with Gasteiger partial charge in [-0.3, -0.25) is 4.79 Å². The third-order valence-electron chi connectivity index (χ3n) is 2.36. The van der Waals surface area contributed by atoms with E-state index in [1.54, 1.807) is 4.90 Å². The fourth-order valence-corrected chi connectivity index (χ4v) is 1.51. The van der Waals surface area contributed by atoms with Gasteiger partial charge in [0, 0.05) is 25.6 Å². The van der Waals surface area contributed by atoms with Crippen molar-refractivity contribution < 1.29 is 15.1 Å². The summed E-state index contributed by atoms with van der Waals surface area (Å²) in [6, 6.07) is 0. The largest absolute Gasteiger partial charge is 0.409 e. The summed E-state index contributed by atoms with van der Waals surface area (Å²) in [5.41, 5.74) is 5.21. The van der Waals surface area contributed by atoms with Crippen molar-refractivity contribution in [1.29, 1.82) is 0 Å². The number of carbonyl (C=O) groups is 1. The van der Waals surface area contributed by atoms with Crippen LogP contribution in [-0.4, -0.2) is 46.7 Å². The Morgan fingerprint density at radius 2 is 2.36 bits per heavy atom. The lowest BCUT2D eigenvalue weighted by Gasteiger charge is -2.15. The third-order valence-corrected chi connectivity index (χ3v) is 2.36. The van der Waals surface area contributed by atoms with Crippen molar-refractivity contribution in [3.05, 3.63) is 0 Å². The van der Waals surface area contributed by atoms with Gasteiger partial charge in [0.15, 0.2) is 0 Å². The number of aliphatic hydroxyl groups excluding tert-OH is 1. The number of aliphatic hydroxyl groups is 1. The Labute approximate surface area is 82.0 Å². The fourth-order valence-electron chi connectivity index (χ4n) is 1.51. The number of likely N-dealkylation sites (tertiary alicyclic amines) is 1. The lowest BCUT2D eigenvalue weighted by Crippen LogP contribution is -2.32. The number of hydrogen-bond donors (Lipinski definition) is 3. The van der Waals surface area contributed by atoms with Gasteiger partial charge in [-0.25, -0.2) is 0 Å². The molecule has 0 aromatic heterocycles. The Hall–Kier alpha value is -1.30. The quantitative estimate of drug-likeness (QED) is 0.235. The molecule has 1 amide bonds. The van der Waals surface area contributed by atoms with Crippen molar-refractivity contribution >= 4 is 11.7 Å². The van der Waals surface area contributed by atoms with Crippen molar-refractivity contribution in [2.75, 3.05) is 19.7 Å². The van der Waals surface area contributed by atoms with E-state index in [4.69, 9.17) is 16.0 Å². The van der Waals surface area contributed by atoms with Crippen molar-refractivity contribution in [1.82, 2.24) is 4.90 Å². The van der Waals surface area contributed by atoms with Gasteiger partial charge in [0.1, 0.15) is 5.84 Å². The number of hydrogen-bond acceptors (Lipinski definition) is 4. The zero-order chi connectivity index (χ0) is 10.6. The molecular weight excluding hydrogens is 186 g/mol. The molecule has 1 heterocycles. The molecule has 1 saturated heterocycles. The molecule has 0 aromatic carbocycles. The number of amides is 1. The molecule has 1 unspecified atom stereocenters. The molecule has 80 valence electrons. The molecule has 0 radical (unpaired) electrons. The highest BCUT2D eigenvalue weighted by molar-refractivity contribution is 5.98. The van der Waals surface area contributed by atoms with Gasteiger partial charge in [0.25, 0.3) is 0 Å². The summed E-state index contributed by atoms with van der Waals surface area (Å²) in [6.45, 7) is 1.31. The summed E-state index contributed by atoms with van der Waals surface area (Å²) in [5, 5.41) is 19.9. The van der Waals surface area contributed by atoms with Crippen LogP contribution in [0.3, 0.4) is 0 Å². The van der Waals surface area contributed by atoms with Gasteiger partial charge < -0.3 is 20.9 Å². The molecule has 0 bridgehead atoms. The molecule has 4 N–H and O–H groups in total. The first-order valence-corrected chi connectivity index (χ1v) is 4.52. The molecule has 1 atom stereocenters. The van der Waals surface area contributed by atoms with Crippen LogP contribution in [0.2, 0.25) is 0 Å². The van der Waals surface area contributed by atoms with E-state index in [1.165, 1.54) is 0 Å². The predicted molar refractivity (Wildman–Crippen MR) is 49.8 cm³/mol. The van der Waals surface area contributed by atoms with Crippen molar-refractivity contribution in [2.24, 2.45) is 16.8 Å². The lowest BCUT2D eigenvalue weighted by molar-refractivity contribution is -0.129. The molecule has 1 aliphatic heterocycles. The molecule has 1 rings (SSSR count). The SMILES string of the molecule is NC(CC(=O)N1CCC(CO)C1)=NO. The van der Waals surface area contributed by atoms with Gasteiger partial charge in [-0.2, -0.15) is 0 Å². The van der Waals surface area contributed by atoms with Crippen LogP contribution in [0.25, 0.3) is 0 Å². The predicted octanol–water partition coefficient (Wildman–Crippen LogP) is -1.04. The first kappa shape index (κ1) is 10.8. The van der Waals surface area contributed by atoms with Gasteiger partial charge in [-0.15, -0.1) is 0 Å². The van der Waals surface area contributed by atoms with Crippen LogP contribution < -0.4 is 5.73 Å². The number of nitrogens with two attached hydrogens (primary N) is 1. The third kappa shape index (κ3) is 2.59. The Morgan fingerprint density at radius 3 is 2.86 bits per heavy atom. The van der Waals surface area contributed by atoms with Crippen molar-refractivity contribution in [3.8, 4) is 0 Å². The van der Waals surface area contributed by atoms with Crippen LogP contribution in [0, 0.1) is 5.92 Å². The zero-order valence-corrected chi connectivity index (χ0v) is 7.89. The van der Waals surface area contributed by atoms with Crippen LogP contribution in [0.5, 0.6) is 0 Å². The molecule has 6 nitrogen and oxygen atoms in total. The van der Waals surface area contributed by atoms with E-state index >= 15 is 0 Å². The maximum absolute atomic E-state index is 11.4. The first-order chi connectivity index (χ1) is 6.67. The van der Waals surface area contributed by atoms with Crippen LogP contribution in [0.15, 0.2) is 5.16 Å². The summed E-state index contributed by atoms with van der Waals surface area (Å²) in [7, 11) is 0. The molecule has 1 aliphatic rings.